The first-order chi connectivity index (χ1) is 7.06. The summed E-state index contributed by atoms with van der Waals surface area (Å²) in [5.41, 5.74) is 0. The Morgan fingerprint density at radius 1 is 1.40 bits per heavy atom. The van der Waals surface area contributed by atoms with Gasteiger partial charge in [-0.2, -0.15) is 0 Å². The third-order valence-electron chi connectivity index (χ3n) is 3.53. The maximum absolute atomic E-state index is 11.9. The van der Waals surface area contributed by atoms with Crippen LogP contribution < -0.4 is 0 Å². The Balaban J connectivity index is 2.40. The fourth-order valence-electron chi connectivity index (χ4n) is 2.07. The Morgan fingerprint density at radius 2 is 1.93 bits per heavy atom. The first-order valence-corrected chi connectivity index (χ1v) is 6.42. The van der Waals surface area contributed by atoms with Crippen LogP contribution >= 0.6 is 11.6 Å². The van der Waals surface area contributed by atoms with Gasteiger partial charge in [-0.05, 0) is 32.1 Å². The average molecular weight is 232 g/mol. The van der Waals surface area contributed by atoms with Gasteiger partial charge in [0.15, 0.2) is 0 Å². The van der Waals surface area contributed by atoms with Crippen LogP contribution in [0.25, 0.3) is 0 Å². The highest BCUT2D eigenvalue weighted by Gasteiger charge is 2.26. The number of hydrogen-bond donors (Lipinski definition) is 0. The number of carbonyl (C=O) groups is 1. The molecule has 0 spiro atoms. The van der Waals surface area contributed by atoms with E-state index in [9.17, 15) is 4.79 Å². The molecule has 0 N–H and O–H groups in total. The van der Waals surface area contributed by atoms with Gasteiger partial charge in [0.05, 0.1) is 0 Å². The van der Waals surface area contributed by atoms with Crippen LogP contribution in [-0.2, 0) is 4.79 Å². The third-order valence-corrected chi connectivity index (χ3v) is 3.89. The Bertz CT molecular complexity index is 210. The summed E-state index contributed by atoms with van der Waals surface area (Å²) in [6.45, 7) is 7.92. The van der Waals surface area contributed by atoms with Gasteiger partial charge in [0, 0.05) is 24.4 Å². The molecule has 0 aliphatic carbocycles. The molecule has 1 aliphatic heterocycles. The van der Waals surface area contributed by atoms with Gasteiger partial charge in [-0.1, -0.05) is 13.8 Å². The maximum atomic E-state index is 11.9. The first-order valence-electron chi connectivity index (χ1n) is 5.99. The van der Waals surface area contributed by atoms with Crippen LogP contribution in [0.3, 0.4) is 0 Å². The van der Waals surface area contributed by atoms with E-state index in [0.717, 1.165) is 32.4 Å². The van der Waals surface area contributed by atoms with E-state index in [2.05, 4.69) is 13.8 Å². The minimum atomic E-state index is 0.176. The average Bonchev–Trinajstić information content (AvgIpc) is 2.27. The van der Waals surface area contributed by atoms with Crippen LogP contribution in [0.5, 0.6) is 0 Å². The molecule has 88 valence electrons. The molecule has 1 heterocycles. The van der Waals surface area contributed by atoms with Crippen molar-refractivity contribution < 1.29 is 4.79 Å². The Morgan fingerprint density at radius 3 is 2.33 bits per heavy atom. The molecule has 1 saturated heterocycles. The van der Waals surface area contributed by atoms with E-state index in [0.29, 0.717) is 11.8 Å². The lowest BCUT2D eigenvalue weighted by Crippen LogP contribution is -2.42. The number of piperidine rings is 1. The molecular weight excluding hydrogens is 210 g/mol. The van der Waals surface area contributed by atoms with Crippen LogP contribution in [0.15, 0.2) is 0 Å². The minimum Gasteiger partial charge on any atom is -0.342 e. The van der Waals surface area contributed by atoms with Crippen molar-refractivity contribution in [3.63, 3.8) is 0 Å². The number of amides is 1. The van der Waals surface area contributed by atoms with E-state index in [-0.39, 0.29) is 11.3 Å². The minimum absolute atomic E-state index is 0.176. The van der Waals surface area contributed by atoms with Gasteiger partial charge >= 0.3 is 0 Å². The lowest BCUT2D eigenvalue weighted by Gasteiger charge is -2.34. The van der Waals surface area contributed by atoms with Crippen molar-refractivity contribution in [2.75, 3.05) is 13.1 Å². The van der Waals surface area contributed by atoms with Gasteiger partial charge in [-0.3, -0.25) is 4.79 Å². The SMILES string of the molecule is CCC(C)C(=O)N1CCC(C(C)Cl)CC1. The van der Waals surface area contributed by atoms with Gasteiger partial charge < -0.3 is 4.90 Å². The van der Waals surface area contributed by atoms with Gasteiger partial charge in [-0.15, -0.1) is 11.6 Å². The van der Waals surface area contributed by atoms with Crippen molar-refractivity contribution in [1.82, 2.24) is 4.90 Å². The maximum Gasteiger partial charge on any atom is 0.225 e. The highest BCUT2D eigenvalue weighted by molar-refractivity contribution is 6.20. The molecule has 1 fully saturated rings. The summed E-state index contributed by atoms with van der Waals surface area (Å²) in [7, 11) is 0. The van der Waals surface area contributed by atoms with Gasteiger partial charge in [0.1, 0.15) is 0 Å². The molecule has 15 heavy (non-hydrogen) atoms. The van der Waals surface area contributed by atoms with Crippen molar-refractivity contribution in [2.24, 2.45) is 11.8 Å². The Hall–Kier alpha value is -0.240. The predicted octanol–water partition coefficient (Wildman–Crippen LogP) is 2.90. The van der Waals surface area contributed by atoms with Crippen molar-refractivity contribution in [2.45, 2.75) is 45.4 Å². The van der Waals surface area contributed by atoms with E-state index < -0.39 is 0 Å². The number of carbonyl (C=O) groups excluding carboxylic acids is 1. The van der Waals surface area contributed by atoms with Crippen LogP contribution in [0.1, 0.15) is 40.0 Å². The standard InChI is InChI=1S/C12H22ClNO/c1-4-9(2)12(15)14-7-5-11(6-8-14)10(3)13/h9-11H,4-8H2,1-3H3. The third kappa shape index (κ3) is 3.37. The van der Waals surface area contributed by atoms with Crippen LogP contribution in [0, 0.1) is 11.8 Å². The molecule has 3 heteroatoms. The molecule has 1 rings (SSSR count). The number of rotatable bonds is 3. The van der Waals surface area contributed by atoms with Gasteiger partial charge in [0.2, 0.25) is 5.91 Å². The van der Waals surface area contributed by atoms with Gasteiger partial charge in [-0.25, -0.2) is 0 Å². The van der Waals surface area contributed by atoms with Crippen LogP contribution in [0.2, 0.25) is 0 Å². The molecule has 0 radical (unpaired) electrons. The molecule has 2 nitrogen and oxygen atoms in total. The second kappa shape index (κ2) is 5.74. The summed E-state index contributed by atoms with van der Waals surface area (Å²) in [6.07, 6.45) is 3.06. The second-order valence-corrected chi connectivity index (χ2v) is 5.34. The molecule has 2 unspecified atom stereocenters. The normalized spacial score (nSPS) is 22.5. The molecule has 1 aliphatic rings. The number of halogens is 1. The van der Waals surface area contributed by atoms with Crippen LogP contribution in [0.4, 0.5) is 0 Å². The Labute approximate surface area is 98.0 Å². The summed E-state index contributed by atoms with van der Waals surface area (Å²) in [6, 6.07) is 0. The van der Waals surface area contributed by atoms with E-state index >= 15 is 0 Å². The molecule has 1 amide bonds. The highest BCUT2D eigenvalue weighted by atomic mass is 35.5. The zero-order valence-electron chi connectivity index (χ0n) is 10.0. The van der Waals surface area contributed by atoms with Crippen molar-refractivity contribution >= 4 is 17.5 Å². The number of alkyl halides is 1. The zero-order valence-corrected chi connectivity index (χ0v) is 10.8. The van der Waals surface area contributed by atoms with E-state index in [1.807, 2.05) is 11.8 Å². The predicted molar refractivity (Wildman–Crippen MR) is 64.1 cm³/mol. The number of hydrogen-bond acceptors (Lipinski definition) is 1. The molecule has 0 aromatic rings. The Kier molecular flexibility index (Phi) is 4.91. The topological polar surface area (TPSA) is 20.3 Å². The van der Waals surface area contributed by atoms with E-state index in [1.165, 1.54) is 0 Å². The lowest BCUT2D eigenvalue weighted by atomic mass is 9.93. The van der Waals surface area contributed by atoms with Gasteiger partial charge in [0.25, 0.3) is 0 Å². The summed E-state index contributed by atoms with van der Waals surface area (Å²) < 4.78 is 0. The fourth-order valence-corrected chi connectivity index (χ4v) is 2.32. The molecule has 2 atom stereocenters. The molecule has 0 aromatic carbocycles. The van der Waals surface area contributed by atoms with Crippen molar-refractivity contribution in [1.29, 1.82) is 0 Å². The second-order valence-electron chi connectivity index (χ2n) is 4.65. The van der Waals surface area contributed by atoms with Crippen molar-refractivity contribution in [3.05, 3.63) is 0 Å². The first kappa shape index (κ1) is 12.8. The smallest absolute Gasteiger partial charge is 0.225 e. The number of likely N-dealkylation sites (tertiary alicyclic amines) is 1. The molecule has 0 saturated carbocycles. The summed E-state index contributed by atoms with van der Waals surface area (Å²) in [5.74, 6) is 1.08. The highest BCUT2D eigenvalue weighted by Crippen LogP contribution is 2.24. The summed E-state index contributed by atoms with van der Waals surface area (Å²) in [4.78, 5) is 13.9. The molecule has 0 bridgehead atoms. The molecular formula is C12H22ClNO. The van der Waals surface area contributed by atoms with E-state index in [4.69, 9.17) is 11.6 Å². The largest absolute Gasteiger partial charge is 0.342 e. The zero-order chi connectivity index (χ0) is 11.4. The lowest BCUT2D eigenvalue weighted by molar-refractivity contribution is -0.136. The monoisotopic (exact) mass is 231 g/mol. The summed E-state index contributed by atoms with van der Waals surface area (Å²) in [5, 5.41) is 0.242. The summed E-state index contributed by atoms with van der Waals surface area (Å²) >= 11 is 6.07. The number of nitrogens with zero attached hydrogens (tertiary/aromatic N) is 1. The van der Waals surface area contributed by atoms with Crippen molar-refractivity contribution in [3.8, 4) is 0 Å². The van der Waals surface area contributed by atoms with Crippen LogP contribution in [-0.4, -0.2) is 29.3 Å². The fraction of sp³-hybridized carbons (Fsp3) is 0.917. The van der Waals surface area contributed by atoms with E-state index in [1.54, 1.807) is 0 Å². The molecule has 0 aromatic heterocycles. The quantitative estimate of drug-likeness (QED) is 0.684.